The third kappa shape index (κ3) is 0.801. The third-order valence-corrected chi connectivity index (χ3v) is 1.11. The number of likely N-dealkylation sites (N-methyl/N-ethyl adjacent to an activating group) is 1. The standard InChI is InChI=1S/C4H9N3O/c1-7-2-3(5)4(8)6-7/h3H,2,5H2,1H3,(H,6,8)/t3-/m1/s1. The monoisotopic (exact) mass is 115 g/mol. The maximum Gasteiger partial charge on any atom is 0.252 e. The highest BCUT2D eigenvalue weighted by Crippen LogP contribution is 1.91. The summed E-state index contributed by atoms with van der Waals surface area (Å²) < 4.78 is 0. The Morgan fingerprint density at radius 1 is 2.00 bits per heavy atom. The first kappa shape index (κ1) is 5.53. The first-order valence-electron chi connectivity index (χ1n) is 2.47. The van der Waals surface area contributed by atoms with Crippen molar-refractivity contribution in [2.24, 2.45) is 5.73 Å². The summed E-state index contributed by atoms with van der Waals surface area (Å²) in [7, 11) is 1.78. The predicted molar refractivity (Wildman–Crippen MR) is 28.7 cm³/mol. The molecule has 46 valence electrons. The number of nitrogens with zero attached hydrogens (tertiary/aromatic N) is 1. The van der Waals surface area contributed by atoms with Gasteiger partial charge in [-0.1, -0.05) is 0 Å². The maximum absolute atomic E-state index is 10.5. The van der Waals surface area contributed by atoms with Crippen LogP contribution in [0, 0.1) is 0 Å². The van der Waals surface area contributed by atoms with E-state index in [1.165, 1.54) is 0 Å². The molecule has 1 fully saturated rings. The van der Waals surface area contributed by atoms with Crippen LogP contribution < -0.4 is 11.2 Å². The first-order chi connectivity index (χ1) is 3.70. The molecule has 0 aromatic carbocycles. The summed E-state index contributed by atoms with van der Waals surface area (Å²) in [6, 6.07) is -0.333. The smallest absolute Gasteiger partial charge is 0.252 e. The van der Waals surface area contributed by atoms with E-state index in [1.54, 1.807) is 12.1 Å². The lowest BCUT2D eigenvalue weighted by Gasteiger charge is -2.02. The number of nitrogens with two attached hydrogens (primary N) is 1. The molecule has 3 N–H and O–H groups in total. The fourth-order valence-corrected chi connectivity index (χ4v) is 0.695. The van der Waals surface area contributed by atoms with Gasteiger partial charge in [0.05, 0.1) is 0 Å². The molecular weight excluding hydrogens is 106 g/mol. The maximum atomic E-state index is 10.5. The fourth-order valence-electron chi connectivity index (χ4n) is 0.695. The zero-order valence-corrected chi connectivity index (χ0v) is 4.72. The van der Waals surface area contributed by atoms with Crippen LogP contribution in [0.1, 0.15) is 0 Å². The second kappa shape index (κ2) is 1.72. The Hall–Kier alpha value is -0.610. The Balaban J connectivity index is 2.51. The average molecular weight is 115 g/mol. The number of amides is 1. The van der Waals surface area contributed by atoms with Crippen LogP contribution in [-0.4, -0.2) is 30.6 Å². The molecule has 1 atom stereocenters. The van der Waals surface area contributed by atoms with Crippen molar-refractivity contribution in [1.29, 1.82) is 0 Å². The number of carbonyl (C=O) groups excluding carboxylic acids is 1. The molecule has 0 spiro atoms. The van der Waals surface area contributed by atoms with Gasteiger partial charge >= 0.3 is 0 Å². The SMILES string of the molecule is CN1C[C@@H](N)C(=O)N1. The largest absolute Gasteiger partial charge is 0.319 e. The van der Waals surface area contributed by atoms with E-state index in [1.807, 2.05) is 0 Å². The molecule has 0 aromatic heterocycles. The van der Waals surface area contributed by atoms with Gasteiger partial charge in [0, 0.05) is 13.6 Å². The highest BCUT2D eigenvalue weighted by molar-refractivity contribution is 5.82. The average Bonchev–Trinajstić information content (AvgIpc) is 1.85. The fraction of sp³-hybridized carbons (Fsp3) is 0.750. The van der Waals surface area contributed by atoms with Crippen molar-refractivity contribution in [1.82, 2.24) is 10.4 Å². The van der Waals surface area contributed by atoms with Crippen LogP contribution >= 0.6 is 0 Å². The molecule has 1 saturated heterocycles. The number of nitrogens with one attached hydrogen (secondary N) is 1. The lowest BCUT2D eigenvalue weighted by Crippen LogP contribution is -2.32. The van der Waals surface area contributed by atoms with Crippen molar-refractivity contribution in [3.05, 3.63) is 0 Å². The molecule has 1 heterocycles. The molecule has 4 heteroatoms. The molecular formula is C4H9N3O. The molecule has 1 aliphatic heterocycles. The quantitative estimate of drug-likeness (QED) is 0.395. The molecule has 0 aliphatic carbocycles. The van der Waals surface area contributed by atoms with E-state index in [2.05, 4.69) is 5.43 Å². The van der Waals surface area contributed by atoms with Crippen molar-refractivity contribution >= 4 is 5.91 Å². The zero-order valence-electron chi connectivity index (χ0n) is 4.72. The van der Waals surface area contributed by atoms with E-state index >= 15 is 0 Å². The first-order valence-corrected chi connectivity index (χ1v) is 2.47. The minimum atomic E-state index is -0.333. The van der Waals surface area contributed by atoms with Crippen LogP contribution in [0.25, 0.3) is 0 Å². The Kier molecular flexibility index (Phi) is 1.19. The molecule has 8 heavy (non-hydrogen) atoms. The number of carbonyl (C=O) groups is 1. The Labute approximate surface area is 47.6 Å². The summed E-state index contributed by atoms with van der Waals surface area (Å²) in [6.07, 6.45) is 0. The molecule has 1 aliphatic rings. The second-order valence-electron chi connectivity index (χ2n) is 1.96. The summed E-state index contributed by atoms with van der Waals surface area (Å²) in [6.45, 7) is 0.610. The minimum absolute atomic E-state index is 0.0903. The minimum Gasteiger partial charge on any atom is -0.319 e. The van der Waals surface area contributed by atoms with Gasteiger partial charge in [0.1, 0.15) is 6.04 Å². The van der Waals surface area contributed by atoms with Crippen LogP contribution in [0.4, 0.5) is 0 Å². The van der Waals surface area contributed by atoms with E-state index in [9.17, 15) is 4.79 Å². The van der Waals surface area contributed by atoms with Gasteiger partial charge < -0.3 is 5.73 Å². The van der Waals surface area contributed by atoms with Gasteiger partial charge in [-0.15, -0.1) is 0 Å². The van der Waals surface area contributed by atoms with Gasteiger partial charge in [0.2, 0.25) is 0 Å². The van der Waals surface area contributed by atoms with E-state index in [4.69, 9.17) is 5.73 Å². The van der Waals surface area contributed by atoms with E-state index in [-0.39, 0.29) is 11.9 Å². The van der Waals surface area contributed by atoms with Crippen molar-refractivity contribution < 1.29 is 4.79 Å². The Morgan fingerprint density at radius 2 is 2.62 bits per heavy atom. The normalized spacial score (nSPS) is 30.8. The predicted octanol–water partition coefficient (Wildman–Crippen LogP) is -1.71. The van der Waals surface area contributed by atoms with Gasteiger partial charge in [-0.05, 0) is 0 Å². The van der Waals surface area contributed by atoms with Gasteiger partial charge in [-0.2, -0.15) is 0 Å². The summed E-state index contributed by atoms with van der Waals surface area (Å²) in [5.41, 5.74) is 7.85. The van der Waals surface area contributed by atoms with Crippen LogP contribution in [-0.2, 0) is 4.79 Å². The molecule has 0 saturated carbocycles. The van der Waals surface area contributed by atoms with Crippen LogP contribution in [0.2, 0.25) is 0 Å². The Bertz CT molecular complexity index is 114. The van der Waals surface area contributed by atoms with Crippen molar-refractivity contribution in [3.8, 4) is 0 Å². The van der Waals surface area contributed by atoms with E-state index < -0.39 is 0 Å². The van der Waals surface area contributed by atoms with Crippen molar-refractivity contribution in [3.63, 3.8) is 0 Å². The van der Waals surface area contributed by atoms with Gasteiger partial charge in [-0.25, -0.2) is 5.01 Å². The third-order valence-electron chi connectivity index (χ3n) is 1.11. The summed E-state index contributed by atoms with van der Waals surface area (Å²) in [4.78, 5) is 10.5. The second-order valence-corrected chi connectivity index (χ2v) is 1.96. The van der Waals surface area contributed by atoms with Gasteiger partial charge in [0.25, 0.3) is 5.91 Å². The number of rotatable bonds is 0. The molecule has 1 rings (SSSR count). The van der Waals surface area contributed by atoms with Gasteiger partial charge in [0.15, 0.2) is 0 Å². The summed E-state index contributed by atoms with van der Waals surface area (Å²) in [5, 5.41) is 1.67. The highest BCUT2D eigenvalue weighted by Gasteiger charge is 2.23. The summed E-state index contributed by atoms with van der Waals surface area (Å²) >= 11 is 0. The molecule has 0 bridgehead atoms. The molecule has 0 aromatic rings. The lowest BCUT2D eigenvalue weighted by atomic mass is 10.3. The Morgan fingerprint density at radius 3 is 2.75 bits per heavy atom. The van der Waals surface area contributed by atoms with E-state index in [0.29, 0.717) is 6.54 Å². The number of hydrogen-bond acceptors (Lipinski definition) is 3. The molecule has 0 radical (unpaired) electrons. The van der Waals surface area contributed by atoms with Gasteiger partial charge in [-0.3, -0.25) is 10.2 Å². The van der Waals surface area contributed by atoms with Crippen molar-refractivity contribution in [2.75, 3.05) is 13.6 Å². The molecule has 0 unspecified atom stereocenters. The number of hydrazine groups is 1. The lowest BCUT2D eigenvalue weighted by molar-refractivity contribution is -0.121. The highest BCUT2D eigenvalue weighted by atomic mass is 16.2. The topological polar surface area (TPSA) is 58.4 Å². The molecule has 4 nitrogen and oxygen atoms in total. The van der Waals surface area contributed by atoms with Crippen LogP contribution in [0.15, 0.2) is 0 Å². The van der Waals surface area contributed by atoms with Crippen LogP contribution in [0.3, 0.4) is 0 Å². The number of hydrogen-bond donors (Lipinski definition) is 2. The van der Waals surface area contributed by atoms with Crippen molar-refractivity contribution in [2.45, 2.75) is 6.04 Å². The summed E-state index contributed by atoms with van der Waals surface area (Å²) in [5.74, 6) is -0.0903. The van der Waals surface area contributed by atoms with Crippen LogP contribution in [0.5, 0.6) is 0 Å². The van der Waals surface area contributed by atoms with E-state index in [0.717, 1.165) is 0 Å². The molecule has 1 amide bonds. The zero-order chi connectivity index (χ0) is 6.15.